The van der Waals surface area contributed by atoms with E-state index in [0.717, 1.165) is 38.7 Å². The topological polar surface area (TPSA) is 57.8 Å². The summed E-state index contributed by atoms with van der Waals surface area (Å²) in [6, 6.07) is 0.456. The van der Waals surface area contributed by atoms with E-state index in [1.807, 2.05) is 25.6 Å². The fourth-order valence-electron chi connectivity index (χ4n) is 2.15. The average molecular weight is 311 g/mol. The first kappa shape index (κ1) is 15.5. The van der Waals surface area contributed by atoms with Crippen molar-refractivity contribution < 1.29 is 0 Å². The molecule has 0 saturated carbocycles. The molecule has 2 aromatic heterocycles. The monoisotopic (exact) mass is 311 g/mol. The molecule has 0 aliphatic heterocycles. The Hall–Kier alpha value is -0.850. The smallest absolute Gasteiger partial charge is 0.259 e. The SMILES string of the molecule is CCC(CSC)NCc1nc2sc(C)c(C)c2c(=O)[nH]1. The Morgan fingerprint density at radius 1 is 1.45 bits per heavy atom. The van der Waals surface area contributed by atoms with Crippen molar-refractivity contribution >= 4 is 33.3 Å². The molecule has 20 heavy (non-hydrogen) atoms. The van der Waals surface area contributed by atoms with Crippen molar-refractivity contribution in [3.05, 3.63) is 26.6 Å². The van der Waals surface area contributed by atoms with Crippen molar-refractivity contribution in [2.24, 2.45) is 0 Å². The van der Waals surface area contributed by atoms with E-state index in [2.05, 4.69) is 28.5 Å². The molecule has 6 heteroatoms. The van der Waals surface area contributed by atoms with Crippen molar-refractivity contribution in [3.8, 4) is 0 Å². The van der Waals surface area contributed by atoms with Crippen molar-refractivity contribution in [1.29, 1.82) is 0 Å². The lowest BCUT2D eigenvalue weighted by Gasteiger charge is -2.14. The zero-order valence-electron chi connectivity index (χ0n) is 12.4. The number of aromatic amines is 1. The lowest BCUT2D eigenvalue weighted by atomic mass is 10.2. The number of hydrogen-bond donors (Lipinski definition) is 2. The number of rotatable bonds is 6. The van der Waals surface area contributed by atoms with Gasteiger partial charge in [0, 0.05) is 16.7 Å². The van der Waals surface area contributed by atoms with Gasteiger partial charge in [-0.1, -0.05) is 6.92 Å². The summed E-state index contributed by atoms with van der Waals surface area (Å²) >= 11 is 3.42. The van der Waals surface area contributed by atoms with Crippen LogP contribution in [0.5, 0.6) is 0 Å². The van der Waals surface area contributed by atoms with Gasteiger partial charge in [-0.15, -0.1) is 11.3 Å². The molecular formula is C14H21N3OS2. The summed E-state index contributed by atoms with van der Waals surface area (Å²) < 4.78 is 0. The molecule has 2 rings (SSSR count). The number of hydrogen-bond acceptors (Lipinski definition) is 5. The molecule has 2 aromatic rings. The summed E-state index contributed by atoms with van der Waals surface area (Å²) in [6.07, 6.45) is 3.18. The van der Waals surface area contributed by atoms with E-state index in [9.17, 15) is 4.79 Å². The van der Waals surface area contributed by atoms with E-state index in [1.165, 1.54) is 0 Å². The second-order valence-corrected chi connectivity index (χ2v) is 7.03. The molecule has 0 aliphatic rings. The number of nitrogens with zero attached hydrogens (tertiary/aromatic N) is 1. The Kier molecular flexibility index (Phi) is 5.23. The number of H-pyrrole nitrogens is 1. The highest BCUT2D eigenvalue weighted by molar-refractivity contribution is 7.98. The van der Waals surface area contributed by atoms with Crippen LogP contribution in [0.3, 0.4) is 0 Å². The quantitative estimate of drug-likeness (QED) is 0.861. The fourth-order valence-corrected chi connectivity index (χ4v) is 3.95. The maximum Gasteiger partial charge on any atom is 0.259 e. The fraction of sp³-hybridized carbons (Fsp3) is 0.571. The van der Waals surface area contributed by atoms with Crippen LogP contribution in [0.15, 0.2) is 4.79 Å². The Morgan fingerprint density at radius 2 is 2.20 bits per heavy atom. The van der Waals surface area contributed by atoms with Crippen LogP contribution >= 0.6 is 23.1 Å². The summed E-state index contributed by atoms with van der Waals surface area (Å²) in [5.41, 5.74) is 1.03. The number of aromatic nitrogens is 2. The van der Waals surface area contributed by atoms with Crippen LogP contribution in [0.1, 0.15) is 29.6 Å². The maximum absolute atomic E-state index is 12.2. The molecule has 0 fully saturated rings. The Labute approximate surface area is 127 Å². The maximum atomic E-state index is 12.2. The standard InChI is InChI=1S/C14H21N3OS2/c1-5-10(7-19-4)15-6-11-16-13(18)12-8(2)9(3)20-14(12)17-11/h10,15H,5-7H2,1-4H3,(H,16,17,18). The van der Waals surface area contributed by atoms with E-state index in [0.29, 0.717) is 12.6 Å². The zero-order valence-corrected chi connectivity index (χ0v) is 14.0. The van der Waals surface area contributed by atoms with E-state index in [4.69, 9.17) is 0 Å². The van der Waals surface area contributed by atoms with E-state index in [1.54, 1.807) is 11.3 Å². The van der Waals surface area contributed by atoms with Crippen LogP contribution in [0, 0.1) is 13.8 Å². The summed E-state index contributed by atoms with van der Waals surface area (Å²) in [5.74, 6) is 1.79. The highest BCUT2D eigenvalue weighted by Gasteiger charge is 2.12. The van der Waals surface area contributed by atoms with Gasteiger partial charge in [0.15, 0.2) is 0 Å². The first-order valence-electron chi connectivity index (χ1n) is 6.78. The number of thioether (sulfide) groups is 1. The van der Waals surface area contributed by atoms with E-state index < -0.39 is 0 Å². The van der Waals surface area contributed by atoms with Crippen molar-refractivity contribution in [1.82, 2.24) is 15.3 Å². The lowest BCUT2D eigenvalue weighted by Crippen LogP contribution is -2.31. The highest BCUT2D eigenvalue weighted by atomic mass is 32.2. The van der Waals surface area contributed by atoms with Crippen LogP contribution in [0.4, 0.5) is 0 Å². The second-order valence-electron chi connectivity index (χ2n) is 4.92. The molecular weight excluding hydrogens is 290 g/mol. The van der Waals surface area contributed by atoms with Gasteiger partial charge in [0.2, 0.25) is 0 Å². The van der Waals surface area contributed by atoms with Gasteiger partial charge < -0.3 is 10.3 Å². The predicted octanol–water partition coefficient (Wildman–Crippen LogP) is 2.83. The normalized spacial score (nSPS) is 13.0. The molecule has 2 heterocycles. The van der Waals surface area contributed by atoms with E-state index >= 15 is 0 Å². The molecule has 2 N–H and O–H groups in total. The molecule has 4 nitrogen and oxygen atoms in total. The summed E-state index contributed by atoms with van der Waals surface area (Å²) in [5, 5.41) is 4.19. The highest BCUT2D eigenvalue weighted by Crippen LogP contribution is 2.25. The molecule has 0 aromatic carbocycles. The Morgan fingerprint density at radius 3 is 2.85 bits per heavy atom. The van der Waals surface area contributed by atoms with Gasteiger partial charge in [-0.05, 0) is 32.1 Å². The minimum atomic E-state index is -0.0217. The molecule has 0 amide bonds. The van der Waals surface area contributed by atoms with Crippen molar-refractivity contribution in [3.63, 3.8) is 0 Å². The molecule has 110 valence electrons. The van der Waals surface area contributed by atoms with E-state index in [-0.39, 0.29) is 5.56 Å². The minimum Gasteiger partial charge on any atom is -0.309 e. The molecule has 0 aliphatic carbocycles. The lowest BCUT2D eigenvalue weighted by molar-refractivity contribution is 0.530. The third kappa shape index (κ3) is 3.24. The van der Waals surface area contributed by atoms with Crippen LogP contribution in [0.2, 0.25) is 0 Å². The first-order chi connectivity index (χ1) is 9.56. The zero-order chi connectivity index (χ0) is 14.7. The summed E-state index contributed by atoms with van der Waals surface area (Å²) in [7, 11) is 0. The van der Waals surface area contributed by atoms with Gasteiger partial charge in [0.05, 0.1) is 11.9 Å². The van der Waals surface area contributed by atoms with Crippen molar-refractivity contribution in [2.45, 2.75) is 39.8 Å². The van der Waals surface area contributed by atoms with Gasteiger partial charge in [-0.25, -0.2) is 4.98 Å². The van der Waals surface area contributed by atoms with Gasteiger partial charge in [-0.2, -0.15) is 11.8 Å². The number of nitrogens with one attached hydrogen (secondary N) is 2. The third-order valence-corrected chi connectivity index (χ3v) is 5.34. The predicted molar refractivity (Wildman–Crippen MR) is 89.0 cm³/mol. The molecule has 0 spiro atoms. The molecule has 0 radical (unpaired) electrons. The number of fused-ring (bicyclic) bond motifs is 1. The molecule has 1 unspecified atom stereocenters. The van der Waals surface area contributed by atoms with Gasteiger partial charge in [-0.3, -0.25) is 4.79 Å². The van der Waals surface area contributed by atoms with Gasteiger partial charge >= 0.3 is 0 Å². The minimum absolute atomic E-state index is 0.0217. The average Bonchev–Trinajstić information content (AvgIpc) is 2.70. The first-order valence-corrected chi connectivity index (χ1v) is 8.99. The third-order valence-electron chi connectivity index (χ3n) is 3.51. The largest absolute Gasteiger partial charge is 0.309 e. The van der Waals surface area contributed by atoms with Crippen LogP contribution in [-0.4, -0.2) is 28.0 Å². The van der Waals surface area contributed by atoms with Gasteiger partial charge in [0.1, 0.15) is 10.7 Å². The second kappa shape index (κ2) is 6.74. The molecule has 1 atom stereocenters. The molecule has 0 saturated heterocycles. The number of thiophene rings is 1. The Balaban J connectivity index is 2.22. The van der Waals surface area contributed by atoms with Gasteiger partial charge in [0.25, 0.3) is 5.56 Å². The van der Waals surface area contributed by atoms with Crippen LogP contribution in [0.25, 0.3) is 10.2 Å². The van der Waals surface area contributed by atoms with Crippen LogP contribution in [-0.2, 0) is 6.54 Å². The Bertz CT molecular complexity index is 648. The summed E-state index contributed by atoms with van der Waals surface area (Å²) in [4.78, 5) is 21.6. The summed E-state index contributed by atoms with van der Waals surface area (Å²) in [6.45, 7) is 6.79. The molecule has 0 bridgehead atoms. The van der Waals surface area contributed by atoms with Crippen molar-refractivity contribution in [2.75, 3.05) is 12.0 Å². The van der Waals surface area contributed by atoms with Crippen LogP contribution < -0.4 is 10.9 Å². The number of aryl methyl sites for hydroxylation is 2.